The number of hydrogen-bond acceptors (Lipinski definition) is 4. The minimum Gasteiger partial charge on any atom is -0.477 e. The Labute approximate surface area is 106 Å². The van der Waals surface area contributed by atoms with Crippen molar-refractivity contribution in [3.8, 4) is 0 Å². The van der Waals surface area contributed by atoms with Crippen LogP contribution in [0.5, 0.6) is 0 Å². The van der Waals surface area contributed by atoms with E-state index in [1.165, 1.54) is 6.42 Å². The molecule has 0 aliphatic rings. The largest absolute Gasteiger partial charge is 0.477 e. The summed E-state index contributed by atoms with van der Waals surface area (Å²) in [5, 5.41) is 8.62. The third kappa shape index (κ3) is 10.7. The van der Waals surface area contributed by atoms with E-state index in [1.54, 1.807) is 0 Å². The SMILES string of the molecule is CCCCCCCCOC(OP(=O)(O)O)C(=O)O. The van der Waals surface area contributed by atoms with Gasteiger partial charge in [0.1, 0.15) is 0 Å². The standard InChI is InChI=1S/C10H21O7P/c1-2-3-4-5-6-7-8-16-10(9(11)12)17-18(13,14)15/h10H,2-8H2,1H3,(H,11,12)(H2,13,14,15). The van der Waals surface area contributed by atoms with Crippen LogP contribution < -0.4 is 0 Å². The van der Waals surface area contributed by atoms with Gasteiger partial charge in [0, 0.05) is 0 Å². The lowest BCUT2D eigenvalue weighted by Crippen LogP contribution is -2.26. The van der Waals surface area contributed by atoms with Gasteiger partial charge in [0.15, 0.2) is 0 Å². The molecule has 18 heavy (non-hydrogen) atoms. The molecule has 0 bridgehead atoms. The molecule has 0 saturated heterocycles. The highest BCUT2D eigenvalue weighted by molar-refractivity contribution is 7.46. The second-order valence-corrected chi connectivity index (χ2v) is 5.10. The quantitative estimate of drug-likeness (QED) is 0.301. The molecule has 0 aromatic carbocycles. The van der Waals surface area contributed by atoms with E-state index in [1.807, 2.05) is 0 Å². The number of carboxylic acid groups (broad SMARTS) is 1. The Balaban J connectivity index is 3.72. The van der Waals surface area contributed by atoms with Gasteiger partial charge < -0.3 is 19.6 Å². The Hall–Kier alpha value is -0.460. The zero-order valence-corrected chi connectivity index (χ0v) is 11.3. The highest BCUT2D eigenvalue weighted by atomic mass is 31.2. The van der Waals surface area contributed by atoms with Crippen LogP contribution >= 0.6 is 7.82 Å². The number of rotatable bonds is 11. The first-order chi connectivity index (χ1) is 8.37. The van der Waals surface area contributed by atoms with Gasteiger partial charge in [-0.05, 0) is 6.42 Å². The van der Waals surface area contributed by atoms with Gasteiger partial charge >= 0.3 is 13.8 Å². The van der Waals surface area contributed by atoms with Crippen LogP contribution in [0.25, 0.3) is 0 Å². The molecule has 0 aromatic heterocycles. The fourth-order valence-electron chi connectivity index (χ4n) is 1.34. The van der Waals surface area contributed by atoms with Crippen molar-refractivity contribution in [3.05, 3.63) is 0 Å². The molecule has 0 heterocycles. The van der Waals surface area contributed by atoms with Gasteiger partial charge in [-0.3, -0.25) is 0 Å². The number of phosphoric ester groups is 1. The van der Waals surface area contributed by atoms with Gasteiger partial charge in [-0.1, -0.05) is 39.0 Å². The first-order valence-electron chi connectivity index (χ1n) is 5.95. The van der Waals surface area contributed by atoms with E-state index >= 15 is 0 Å². The maximum Gasteiger partial charge on any atom is 0.472 e. The second kappa shape index (κ2) is 9.47. The number of carboxylic acids is 1. The lowest BCUT2D eigenvalue weighted by Gasteiger charge is -2.14. The average Bonchev–Trinajstić information content (AvgIpc) is 2.24. The van der Waals surface area contributed by atoms with E-state index in [2.05, 4.69) is 11.4 Å². The van der Waals surface area contributed by atoms with Crippen LogP contribution in [0.4, 0.5) is 0 Å². The Bertz CT molecular complexity index is 275. The molecular weight excluding hydrogens is 263 g/mol. The van der Waals surface area contributed by atoms with Crippen LogP contribution in [-0.2, 0) is 18.6 Å². The van der Waals surface area contributed by atoms with E-state index in [0.717, 1.165) is 25.7 Å². The highest BCUT2D eigenvalue weighted by Crippen LogP contribution is 2.37. The van der Waals surface area contributed by atoms with Crippen LogP contribution in [0.2, 0.25) is 0 Å². The summed E-state index contributed by atoms with van der Waals surface area (Å²) in [4.78, 5) is 27.6. The Morgan fingerprint density at radius 2 is 1.72 bits per heavy atom. The highest BCUT2D eigenvalue weighted by Gasteiger charge is 2.28. The normalized spacial score (nSPS) is 13.5. The number of aliphatic carboxylic acids is 1. The van der Waals surface area contributed by atoms with Crippen molar-refractivity contribution in [1.82, 2.24) is 0 Å². The Kier molecular flexibility index (Phi) is 9.23. The van der Waals surface area contributed by atoms with E-state index in [0.29, 0.717) is 6.42 Å². The minimum absolute atomic E-state index is 0.100. The summed E-state index contributed by atoms with van der Waals surface area (Å²) in [5.74, 6) is -1.55. The molecule has 3 N–H and O–H groups in total. The zero-order valence-electron chi connectivity index (χ0n) is 10.4. The molecule has 0 fully saturated rings. The van der Waals surface area contributed by atoms with Gasteiger partial charge in [0.05, 0.1) is 6.61 Å². The molecule has 0 aliphatic heterocycles. The van der Waals surface area contributed by atoms with E-state index in [9.17, 15) is 9.36 Å². The van der Waals surface area contributed by atoms with Crippen LogP contribution in [0.3, 0.4) is 0 Å². The summed E-state index contributed by atoms with van der Waals surface area (Å²) >= 11 is 0. The molecule has 1 atom stereocenters. The molecule has 1 unspecified atom stereocenters. The predicted molar refractivity (Wildman–Crippen MR) is 63.9 cm³/mol. The van der Waals surface area contributed by atoms with Crippen LogP contribution in [-0.4, -0.2) is 33.8 Å². The summed E-state index contributed by atoms with van der Waals surface area (Å²) in [6.45, 7) is 2.21. The minimum atomic E-state index is -4.85. The lowest BCUT2D eigenvalue weighted by atomic mass is 10.1. The summed E-state index contributed by atoms with van der Waals surface area (Å²) in [5.41, 5.74) is 0. The molecule has 0 radical (unpaired) electrons. The van der Waals surface area contributed by atoms with Crippen LogP contribution in [0.15, 0.2) is 0 Å². The molecule has 0 amide bonds. The monoisotopic (exact) mass is 284 g/mol. The molecule has 8 heteroatoms. The van der Waals surface area contributed by atoms with E-state index in [-0.39, 0.29) is 6.61 Å². The molecule has 7 nitrogen and oxygen atoms in total. The van der Waals surface area contributed by atoms with Crippen molar-refractivity contribution in [3.63, 3.8) is 0 Å². The second-order valence-electron chi connectivity index (χ2n) is 3.90. The molecular formula is C10H21O7P. The Morgan fingerprint density at radius 3 is 2.22 bits per heavy atom. The summed E-state index contributed by atoms with van der Waals surface area (Å²) in [7, 11) is -4.85. The fourth-order valence-corrected chi connectivity index (χ4v) is 1.74. The molecule has 0 saturated carbocycles. The predicted octanol–water partition coefficient (Wildman–Crippen LogP) is 1.88. The number of phosphoric acid groups is 1. The Morgan fingerprint density at radius 1 is 1.17 bits per heavy atom. The number of ether oxygens (including phenoxy) is 1. The van der Waals surface area contributed by atoms with E-state index < -0.39 is 20.1 Å². The maximum atomic E-state index is 10.6. The topological polar surface area (TPSA) is 113 Å². The molecule has 108 valence electrons. The molecule has 0 rings (SSSR count). The fraction of sp³-hybridized carbons (Fsp3) is 0.900. The summed E-state index contributed by atoms with van der Waals surface area (Å²) < 4.78 is 19.2. The zero-order chi connectivity index (χ0) is 14.0. The van der Waals surface area contributed by atoms with Crippen molar-refractivity contribution >= 4 is 13.8 Å². The van der Waals surface area contributed by atoms with Crippen molar-refractivity contribution in [1.29, 1.82) is 0 Å². The van der Waals surface area contributed by atoms with E-state index in [4.69, 9.17) is 19.6 Å². The summed E-state index contributed by atoms with van der Waals surface area (Å²) in [6, 6.07) is 0. The average molecular weight is 284 g/mol. The molecule has 0 aliphatic carbocycles. The number of unbranched alkanes of at least 4 members (excludes halogenated alkanes) is 5. The van der Waals surface area contributed by atoms with Crippen LogP contribution in [0, 0.1) is 0 Å². The van der Waals surface area contributed by atoms with Gasteiger partial charge in [-0.25, -0.2) is 13.9 Å². The third-order valence-corrected chi connectivity index (χ3v) is 2.67. The van der Waals surface area contributed by atoms with Crippen molar-refractivity contribution in [2.75, 3.05) is 6.61 Å². The molecule has 0 aromatic rings. The lowest BCUT2D eigenvalue weighted by molar-refractivity contribution is -0.173. The van der Waals surface area contributed by atoms with Gasteiger partial charge in [-0.2, -0.15) is 0 Å². The van der Waals surface area contributed by atoms with Crippen molar-refractivity contribution < 1.29 is 33.5 Å². The smallest absolute Gasteiger partial charge is 0.472 e. The van der Waals surface area contributed by atoms with Crippen molar-refractivity contribution in [2.45, 2.75) is 51.7 Å². The molecule has 0 spiro atoms. The van der Waals surface area contributed by atoms with Crippen LogP contribution in [0.1, 0.15) is 45.4 Å². The summed E-state index contributed by atoms with van der Waals surface area (Å²) in [6.07, 6.45) is 4.08. The maximum absolute atomic E-state index is 10.6. The first-order valence-corrected chi connectivity index (χ1v) is 7.48. The van der Waals surface area contributed by atoms with Crippen molar-refractivity contribution in [2.24, 2.45) is 0 Å². The van der Waals surface area contributed by atoms with Gasteiger partial charge in [0.25, 0.3) is 6.29 Å². The number of hydrogen-bond donors (Lipinski definition) is 3. The van der Waals surface area contributed by atoms with Gasteiger partial charge in [-0.15, -0.1) is 0 Å². The third-order valence-electron chi connectivity index (χ3n) is 2.20. The first kappa shape index (κ1) is 17.5. The van der Waals surface area contributed by atoms with Gasteiger partial charge in [0.2, 0.25) is 0 Å². The number of carbonyl (C=O) groups is 1.